The molecular formula is C21H22N4O4S. The minimum atomic E-state index is -0.566. The molecule has 0 spiro atoms. The number of ether oxygens (including phenoxy) is 1. The third-order valence-corrected chi connectivity index (χ3v) is 5.01. The van der Waals surface area contributed by atoms with Crippen molar-refractivity contribution < 1.29 is 14.3 Å². The van der Waals surface area contributed by atoms with Crippen molar-refractivity contribution in [3.63, 3.8) is 0 Å². The quantitative estimate of drug-likeness (QED) is 0.464. The van der Waals surface area contributed by atoms with Gasteiger partial charge in [0.2, 0.25) is 5.91 Å². The molecule has 0 fully saturated rings. The maximum Gasteiger partial charge on any atom is 0.321 e. The van der Waals surface area contributed by atoms with Gasteiger partial charge in [0.25, 0.3) is 5.56 Å². The number of benzene rings is 2. The maximum atomic E-state index is 13.3. The Morgan fingerprint density at radius 3 is 2.57 bits per heavy atom. The van der Waals surface area contributed by atoms with E-state index in [0.717, 1.165) is 11.8 Å². The number of nitrogens with zero attached hydrogens (tertiary/aromatic N) is 2. The maximum absolute atomic E-state index is 13.3. The normalized spacial score (nSPS) is 10.8. The van der Waals surface area contributed by atoms with Crippen LogP contribution < -0.4 is 20.9 Å². The summed E-state index contributed by atoms with van der Waals surface area (Å²) in [5.41, 5.74) is 0.767. The highest BCUT2D eigenvalue weighted by atomic mass is 32.2. The first-order valence-corrected chi connectivity index (χ1v) is 10.3. The summed E-state index contributed by atoms with van der Waals surface area (Å²) >= 11 is 1.06. The van der Waals surface area contributed by atoms with Crippen LogP contribution in [-0.2, 0) is 4.79 Å². The van der Waals surface area contributed by atoms with E-state index in [1.807, 2.05) is 0 Å². The van der Waals surface area contributed by atoms with Crippen LogP contribution in [0.25, 0.3) is 16.6 Å². The van der Waals surface area contributed by atoms with Crippen LogP contribution in [0.15, 0.2) is 58.5 Å². The average molecular weight is 426 g/mol. The number of hydrogen-bond acceptors (Lipinski definition) is 6. The molecule has 1 aromatic heterocycles. The van der Waals surface area contributed by atoms with E-state index in [1.54, 1.807) is 62.4 Å². The molecule has 0 bridgehead atoms. The van der Waals surface area contributed by atoms with Crippen LogP contribution >= 0.6 is 11.8 Å². The van der Waals surface area contributed by atoms with Crippen molar-refractivity contribution in [1.82, 2.24) is 20.2 Å². The van der Waals surface area contributed by atoms with Crippen LogP contribution in [0.1, 0.15) is 13.8 Å². The molecule has 8 nitrogen and oxygen atoms in total. The predicted molar refractivity (Wildman–Crippen MR) is 116 cm³/mol. The van der Waals surface area contributed by atoms with Gasteiger partial charge in [0.05, 0.1) is 29.5 Å². The summed E-state index contributed by atoms with van der Waals surface area (Å²) < 4.78 is 6.83. The number of nitrogens with one attached hydrogen (secondary N) is 2. The molecule has 0 aliphatic carbocycles. The zero-order chi connectivity index (χ0) is 21.7. The number of urea groups is 1. The highest BCUT2D eigenvalue weighted by Gasteiger charge is 2.18. The minimum absolute atomic E-state index is 0.0918. The number of para-hydroxylation sites is 3. The fourth-order valence-corrected chi connectivity index (χ4v) is 3.63. The predicted octanol–water partition coefficient (Wildman–Crippen LogP) is 2.72. The molecule has 0 saturated heterocycles. The Labute approximate surface area is 177 Å². The van der Waals surface area contributed by atoms with E-state index in [2.05, 4.69) is 15.6 Å². The van der Waals surface area contributed by atoms with Crippen LogP contribution in [0.2, 0.25) is 0 Å². The van der Waals surface area contributed by atoms with E-state index in [1.165, 1.54) is 11.7 Å². The summed E-state index contributed by atoms with van der Waals surface area (Å²) in [7, 11) is 1.52. The molecule has 0 aliphatic heterocycles. The van der Waals surface area contributed by atoms with Crippen LogP contribution in [-0.4, -0.2) is 40.4 Å². The Bertz CT molecular complexity index is 1140. The SMILES string of the molecule is COc1ccccc1-n1c(SCC(=O)NC(=O)NC(C)C)nc2ccccc2c1=O. The van der Waals surface area contributed by atoms with Crippen LogP contribution in [0.3, 0.4) is 0 Å². The second kappa shape index (κ2) is 9.45. The molecule has 0 aliphatic rings. The van der Waals surface area contributed by atoms with E-state index in [-0.39, 0.29) is 17.4 Å². The fraction of sp³-hybridized carbons (Fsp3) is 0.238. The Kier molecular flexibility index (Phi) is 6.73. The number of methoxy groups -OCH3 is 1. The molecule has 3 amide bonds. The summed E-state index contributed by atoms with van der Waals surface area (Å²) in [6.07, 6.45) is 0. The van der Waals surface area contributed by atoms with Crippen molar-refractivity contribution in [2.24, 2.45) is 0 Å². The van der Waals surface area contributed by atoms with Crippen LogP contribution in [0.5, 0.6) is 5.75 Å². The Morgan fingerprint density at radius 1 is 1.13 bits per heavy atom. The number of amides is 3. The van der Waals surface area contributed by atoms with Gasteiger partial charge >= 0.3 is 6.03 Å². The third-order valence-electron chi connectivity index (χ3n) is 4.08. The number of thioether (sulfide) groups is 1. The van der Waals surface area contributed by atoms with E-state index in [4.69, 9.17) is 4.74 Å². The summed E-state index contributed by atoms with van der Waals surface area (Å²) in [6, 6.07) is 13.4. The summed E-state index contributed by atoms with van der Waals surface area (Å²) in [5.74, 6) is -0.0859. The number of aromatic nitrogens is 2. The zero-order valence-corrected chi connectivity index (χ0v) is 17.7. The monoisotopic (exact) mass is 426 g/mol. The van der Waals surface area contributed by atoms with Gasteiger partial charge in [-0.05, 0) is 38.1 Å². The Morgan fingerprint density at radius 2 is 1.83 bits per heavy atom. The van der Waals surface area contributed by atoms with Crippen LogP contribution in [0.4, 0.5) is 4.79 Å². The first-order valence-electron chi connectivity index (χ1n) is 9.29. The number of rotatable bonds is 6. The minimum Gasteiger partial charge on any atom is -0.495 e. The van der Waals surface area contributed by atoms with Crippen molar-refractivity contribution in [2.45, 2.75) is 25.0 Å². The number of hydrogen-bond donors (Lipinski definition) is 2. The molecule has 3 rings (SSSR count). The van der Waals surface area contributed by atoms with Gasteiger partial charge in [0.1, 0.15) is 5.75 Å². The fourth-order valence-electron chi connectivity index (χ4n) is 2.83. The highest BCUT2D eigenvalue weighted by Crippen LogP contribution is 2.26. The summed E-state index contributed by atoms with van der Waals surface area (Å²) in [4.78, 5) is 41.8. The van der Waals surface area contributed by atoms with Gasteiger partial charge in [-0.15, -0.1) is 0 Å². The standard InChI is InChI=1S/C21H22N4O4S/c1-13(2)22-20(28)24-18(26)12-30-21-23-15-9-5-4-8-14(15)19(27)25(21)16-10-6-7-11-17(16)29-3/h4-11,13H,12H2,1-3H3,(H2,22,24,26,28). The highest BCUT2D eigenvalue weighted by molar-refractivity contribution is 7.99. The summed E-state index contributed by atoms with van der Waals surface area (Å²) in [5, 5.41) is 5.63. The Balaban J connectivity index is 1.98. The molecule has 1 heterocycles. The molecular weight excluding hydrogens is 404 g/mol. The molecule has 2 aromatic carbocycles. The van der Waals surface area contributed by atoms with Crippen molar-refractivity contribution in [2.75, 3.05) is 12.9 Å². The van der Waals surface area contributed by atoms with Crippen molar-refractivity contribution in [3.05, 3.63) is 58.9 Å². The average Bonchev–Trinajstić information content (AvgIpc) is 2.72. The second-order valence-electron chi connectivity index (χ2n) is 6.69. The van der Waals surface area contributed by atoms with E-state index >= 15 is 0 Å². The lowest BCUT2D eigenvalue weighted by atomic mass is 10.2. The molecule has 0 unspecified atom stereocenters. The number of imide groups is 1. The van der Waals surface area contributed by atoms with Gasteiger partial charge in [-0.2, -0.15) is 0 Å². The van der Waals surface area contributed by atoms with Gasteiger partial charge in [-0.1, -0.05) is 36.0 Å². The van der Waals surface area contributed by atoms with Gasteiger partial charge < -0.3 is 10.1 Å². The van der Waals surface area contributed by atoms with E-state index in [9.17, 15) is 14.4 Å². The Hall–Kier alpha value is -3.33. The van der Waals surface area contributed by atoms with Gasteiger partial charge in [-0.3, -0.25) is 19.5 Å². The molecule has 0 atom stereocenters. The topological polar surface area (TPSA) is 102 Å². The van der Waals surface area contributed by atoms with Crippen molar-refractivity contribution in [1.29, 1.82) is 0 Å². The smallest absolute Gasteiger partial charge is 0.321 e. The third kappa shape index (κ3) is 4.80. The lowest BCUT2D eigenvalue weighted by molar-refractivity contribution is -0.117. The van der Waals surface area contributed by atoms with E-state index < -0.39 is 11.9 Å². The lowest BCUT2D eigenvalue weighted by Gasteiger charge is -2.15. The first-order chi connectivity index (χ1) is 14.4. The lowest BCUT2D eigenvalue weighted by Crippen LogP contribution is -2.43. The molecule has 30 heavy (non-hydrogen) atoms. The van der Waals surface area contributed by atoms with Crippen molar-refractivity contribution in [3.8, 4) is 11.4 Å². The van der Waals surface area contributed by atoms with Crippen LogP contribution in [0, 0.1) is 0 Å². The molecule has 3 aromatic rings. The molecule has 0 radical (unpaired) electrons. The zero-order valence-electron chi connectivity index (χ0n) is 16.8. The molecule has 2 N–H and O–H groups in total. The molecule has 9 heteroatoms. The van der Waals surface area contributed by atoms with Gasteiger partial charge in [0, 0.05) is 6.04 Å². The summed E-state index contributed by atoms with van der Waals surface area (Å²) in [6.45, 7) is 3.59. The number of carbonyl (C=O) groups is 2. The van der Waals surface area contributed by atoms with Crippen molar-refractivity contribution >= 4 is 34.6 Å². The first kappa shape index (κ1) is 21.4. The molecule has 0 saturated carbocycles. The number of fused-ring (bicyclic) bond motifs is 1. The van der Waals surface area contributed by atoms with Gasteiger partial charge in [-0.25, -0.2) is 9.78 Å². The number of carbonyl (C=O) groups excluding carboxylic acids is 2. The largest absolute Gasteiger partial charge is 0.495 e. The molecule has 156 valence electrons. The van der Waals surface area contributed by atoms with Gasteiger partial charge in [0.15, 0.2) is 5.16 Å². The van der Waals surface area contributed by atoms with E-state index in [0.29, 0.717) is 27.5 Å². The second-order valence-corrected chi connectivity index (χ2v) is 7.63.